The lowest BCUT2D eigenvalue weighted by Gasteiger charge is -2.29. The number of amides is 1. The number of carbonyl (C=O) groups is 1. The van der Waals surface area contributed by atoms with E-state index in [1.807, 2.05) is 13.0 Å². The molecule has 2 aliphatic rings. The second kappa shape index (κ2) is 5.42. The molecule has 3 rings (SSSR count). The van der Waals surface area contributed by atoms with Crippen LogP contribution in [0, 0.1) is 0 Å². The Morgan fingerprint density at radius 2 is 2.29 bits per heavy atom. The van der Waals surface area contributed by atoms with Crippen molar-refractivity contribution in [3.05, 3.63) is 55.8 Å². The quantitative estimate of drug-likeness (QED) is 0.773. The van der Waals surface area contributed by atoms with E-state index in [0.29, 0.717) is 5.56 Å². The van der Waals surface area contributed by atoms with E-state index in [2.05, 4.69) is 15.9 Å². The number of methoxy groups -OCH3 is 1. The molecule has 1 aliphatic heterocycles. The zero-order valence-corrected chi connectivity index (χ0v) is 13.9. The second-order valence-electron chi connectivity index (χ2n) is 4.94. The van der Waals surface area contributed by atoms with Crippen LogP contribution in [-0.4, -0.2) is 24.0 Å². The average Bonchev–Trinajstić information content (AvgIpc) is 3.00. The molecule has 0 spiro atoms. The van der Waals surface area contributed by atoms with Gasteiger partial charge in [0.1, 0.15) is 5.83 Å². The van der Waals surface area contributed by atoms with E-state index < -0.39 is 0 Å². The van der Waals surface area contributed by atoms with Crippen LogP contribution in [0.4, 0.5) is 4.39 Å². The topological polar surface area (TPSA) is 29.5 Å². The predicted molar refractivity (Wildman–Crippen MR) is 83.6 cm³/mol. The van der Waals surface area contributed by atoms with Crippen LogP contribution in [-0.2, 0) is 4.74 Å². The first-order chi connectivity index (χ1) is 10.0. The maximum atomic E-state index is 14.0. The van der Waals surface area contributed by atoms with Gasteiger partial charge < -0.3 is 9.64 Å². The highest BCUT2D eigenvalue weighted by Crippen LogP contribution is 2.38. The van der Waals surface area contributed by atoms with Crippen molar-refractivity contribution in [2.24, 2.45) is 0 Å². The van der Waals surface area contributed by atoms with Gasteiger partial charge in [0.25, 0.3) is 5.91 Å². The summed E-state index contributed by atoms with van der Waals surface area (Å²) in [5.41, 5.74) is 2.35. The van der Waals surface area contributed by atoms with Gasteiger partial charge in [-0.15, -0.1) is 11.3 Å². The molecule has 1 atom stereocenters. The molecule has 0 bridgehead atoms. The van der Waals surface area contributed by atoms with Crippen molar-refractivity contribution in [3.63, 3.8) is 0 Å². The summed E-state index contributed by atoms with van der Waals surface area (Å²) >= 11 is 4.82. The summed E-state index contributed by atoms with van der Waals surface area (Å²) in [5.74, 6) is -0.177. The third kappa shape index (κ3) is 2.46. The van der Waals surface area contributed by atoms with E-state index in [9.17, 15) is 9.18 Å². The molecule has 110 valence electrons. The standard InChI is InChI=1S/C15H13BrFNO2S/c1-8-3-9-4-13(20-2)11(17)6-12(9)18(8)15(19)10-5-14(16)21-7-10/h3-5,7,12H,6H2,1-2H3. The van der Waals surface area contributed by atoms with E-state index in [0.717, 1.165) is 15.1 Å². The van der Waals surface area contributed by atoms with Crippen molar-refractivity contribution in [2.75, 3.05) is 7.11 Å². The fourth-order valence-corrected chi connectivity index (χ4v) is 3.81. The molecule has 2 heterocycles. The van der Waals surface area contributed by atoms with Gasteiger partial charge in [0.2, 0.25) is 0 Å². The summed E-state index contributed by atoms with van der Waals surface area (Å²) in [4.78, 5) is 14.3. The average molecular weight is 370 g/mol. The Morgan fingerprint density at radius 1 is 1.52 bits per heavy atom. The van der Waals surface area contributed by atoms with Crippen molar-refractivity contribution >= 4 is 33.2 Å². The van der Waals surface area contributed by atoms with Gasteiger partial charge in [-0.05, 0) is 46.6 Å². The van der Waals surface area contributed by atoms with E-state index in [1.54, 1.807) is 22.4 Å². The number of ether oxygens (including phenoxy) is 1. The van der Waals surface area contributed by atoms with Crippen molar-refractivity contribution in [1.29, 1.82) is 0 Å². The van der Waals surface area contributed by atoms with Crippen molar-refractivity contribution in [3.8, 4) is 0 Å². The molecule has 1 aromatic rings. The molecule has 0 radical (unpaired) electrons. The number of carbonyl (C=O) groups excluding carboxylic acids is 1. The highest BCUT2D eigenvalue weighted by Gasteiger charge is 2.37. The van der Waals surface area contributed by atoms with Crippen LogP contribution in [0.1, 0.15) is 23.7 Å². The SMILES string of the molecule is COC1=C(F)CC2C(=C1)C=C(C)N2C(=O)c1csc(Br)c1. The monoisotopic (exact) mass is 369 g/mol. The van der Waals surface area contributed by atoms with Gasteiger partial charge in [0.05, 0.1) is 22.5 Å². The summed E-state index contributed by atoms with van der Waals surface area (Å²) in [6.07, 6.45) is 3.74. The van der Waals surface area contributed by atoms with Crippen molar-refractivity contribution < 1.29 is 13.9 Å². The summed E-state index contributed by atoms with van der Waals surface area (Å²) in [7, 11) is 1.45. The van der Waals surface area contributed by atoms with Gasteiger partial charge in [-0.25, -0.2) is 4.39 Å². The van der Waals surface area contributed by atoms with Crippen LogP contribution in [0.5, 0.6) is 0 Å². The zero-order chi connectivity index (χ0) is 15.1. The smallest absolute Gasteiger partial charge is 0.259 e. The molecular formula is C15H13BrFNO2S. The highest BCUT2D eigenvalue weighted by atomic mass is 79.9. The van der Waals surface area contributed by atoms with E-state index >= 15 is 0 Å². The Balaban J connectivity index is 1.93. The molecular weight excluding hydrogens is 357 g/mol. The number of thiophene rings is 1. The molecule has 0 saturated heterocycles. The lowest BCUT2D eigenvalue weighted by Crippen LogP contribution is -2.37. The molecule has 3 nitrogen and oxygen atoms in total. The van der Waals surface area contributed by atoms with Gasteiger partial charge in [0.15, 0.2) is 5.76 Å². The van der Waals surface area contributed by atoms with Crippen LogP contribution in [0.15, 0.2) is 50.2 Å². The largest absolute Gasteiger partial charge is 0.494 e. The lowest BCUT2D eigenvalue weighted by molar-refractivity contribution is 0.0776. The number of halogens is 2. The van der Waals surface area contributed by atoms with Crippen molar-refractivity contribution in [1.82, 2.24) is 4.90 Å². The number of hydrogen-bond donors (Lipinski definition) is 0. The molecule has 1 amide bonds. The number of hydrogen-bond acceptors (Lipinski definition) is 3. The van der Waals surface area contributed by atoms with Crippen LogP contribution in [0.2, 0.25) is 0 Å². The van der Waals surface area contributed by atoms with Gasteiger partial charge in [-0.3, -0.25) is 4.79 Å². The molecule has 0 saturated carbocycles. The fraction of sp³-hybridized carbons (Fsp3) is 0.267. The summed E-state index contributed by atoms with van der Waals surface area (Å²) in [6.45, 7) is 1.86. The van der Waals surface area contributed by atoms with Crippen LogP contribution in [0.25, 0.3) is 0 Å². The molecule has 0 N–H and O–H groups in total. The first-order valence-corrected chi connectivity index (χ1v) is 8.08. The summed E-state index contributed by atoms with van der Waals surface area (Å²) < 4.78 is 19.9. The number of allylic oxidation sites excluding steroid dienone is 2. The van der Waals surface area contributed by atoms with Gasteiger partial charge in [0, 0.05) is 17.5 Å². The normalized spacial score (nSPS) is 21.1. The maximum Gasteiger partial charge on any atom is 0.259 e. The number of nitrogens with zero attached hydrogens (tertiary/aromatic N) is 1. The third-order valence-electron chi connectivity index (χ3n) is 3.64. The Labute approximate surface area is 134 Å². The fourth-order valence-electron chi connectivity index (χ4n) is 2.68. The van der Waals surface area contributed by atoms with E-state index in [-0.39, 0.29) is 30.0 Å². The van der Waals surface area contributed by atoms with Gasteiger partial charge >= 0.3 is 0 Å². The Kier molecular flexibility index (Phi) is 3.75. The summed E-state index contributed by atoms with van der Waals surface area (Å²) in [5, 5.41) is 1.80. The Bertz CT molecular complexity index is 704. The second-order valence-corrected chi connectivity index (χ2v) is 7.23. The molecule has 0 fully saturated rings. The van der Waals surface area contributed by atoms with Crippen LogP contribution < -0.4 is 0 Å². The number of rotatable bonds is 2. The van der Waals surface area contributed by atoms with E-state index in [4.69, 9.17) is 4.74 Å². The highest BCUT2D eigenvalue weighted by molar-refractivity contribution is 9.11. The van der Waals surface area contributed by atoms with E-state index in [1.165, 1.54) is 18.4 Å². The minimum absolute atomic E-state index is 0.104. The third-order valence-corrected chi connectivity index (χ3v) is 5.15. The predicted octanol–water partition coefficient (Wildman–Crippen LogP) is 4.40. The molecule has 1 aromatic heterocycles. The Morgan fingerprint density at radius 3 is 2.90 bits per heavy atom. The van der Waals surface area contributed by atoms with Crippen molar-refractivity contribution in [2.45, 2.75) is 19.4 Å². The molecule has 6 heteroatoms. The van der Waals surface area contributed by atoms with Gasteiger partial charge in [-0.2, -0.15) is 0 Å². The molecule has 0 aromatic carbocycles. The van der Waals surface area contributed by atoms with Crippen LogP contribution >= 0.6 is 27.3 Å². The minimum Gasteiger partial charge on any atom is -0.494 e. The lowest BCUT2D eigenvalue weighted by atomic mass is 9.98. The first kappa shape index (κ1) is 14.5. The molecule has 1 unspecified atom stereocenters. The molecule has 1 aliphatic carbocycles. The van der Waals surface area contributed by atoms with Crippen LogP contribution in [0.3, 0.4) is 0 Å². The minimum atomic E-state index is -0.321. The molecule has 21 heavy (non-hydrogen) atoms. The first-order valence-electron chi connectivity index (χ1n) is 6.41. The van der Waals surface area contributed by atoms with Gasteiger partial charge in [-0.1, -0.05) is 0 Å². The zero-order valence-electron chi connectivity index (χ0n) is 11.5. The maximum absolute atomic E-state index is 14.0. The number of fused-ring (bicyclic) bond motifs is 1. The summed E-state index contributed by atoms with van der Waals surface area (Å²) in [6, 6.07) is 1.51. The Hall–Kier alpha value is -1.40.